The minimum absolute atomic E-state index is 0.102. The average Bonchev–Trinajstić information content (AvgIpc) is 2.35. The van der Waals surface area contributed by atoms with Gasteiger partial charge in [-0.15, -0.1) is 0 Å². The lowest BCUT2D eigenvalue weighted by Crippen LogP contribution is -2.10. The molecule has 0 aliphatic carbocycles. The van der Waals surface area contributed by atoms with Crippen molar-refractivity contribution in [2.45, 2.75) is 25.9 Å². The molecule has 2 aromatic carbocycles. The SMILES string of the molecule is CC(C)c1cc(-c2cc(F)cc(F)c2)ccc1C(F)(F)F. The van der Waals surface area contributed by atoms with E-state index in [2.05, 4.69) is 0 Å². The Balaban J connectivity index is 2.59. The number of hydrogen-bond acceptors (Lipinski definition) is 0. The first-order valence-corrected chi connectivity index (χ1v) is 6.36. The van der Waals surface area contributed by atoms with E-state index < -0.39 is 23.4 Å². The summed E-state index contributed by atoms with van der Waals surface area (Å²) >= 11 is 0. The Morgan fingerprint density at radius 3 is 1.86 bits per heavy atom. The van der Waals surface area contributed by atoms with E-state index in [0.29, 0.717) is 5.56 Å². The summed E-state index contributed by atoms with van der Waals surface area (Å²) in [7, 11) is 0. The second kappa shape index (κ2) is 5.47. The molecule has 0 N–H and O–H groups in total. The van der Waals surface area contributed by atoms with Crippen molar-refractivity contribution in [1.29, 1.82) is 0 Å². The fourth-order valence-corrected chi connectivity index (χ4v) is 2.20. The predicted octanol–water partition coefficient (Wildman–Crippen LogP) is 5.77. The molecule has 2 aromatic rings. The highest BCUT2D eigenvalue weighted by Crippen LogP contribution is 2.37. The largest absolute Gasteiger partial charge is 0.416 e. The quantitative estimate of drug-likeness (QED) is 0.617. The van der Waals surface area contributed by atoms with Gasteiger partial charge in [0.05, 0.1) is 5.56 Å². The Bertz CT molecular complexity index is 636. The molecular weight excluding hydrogens is 287 g/mol. The van der Waals surface area contributed by atoms with E-state index in [9.17, 15) is 22.0 Å². The lowest BCUT2D eigenvalue weighted by molar-refractivity contribution is -0.138. The van der Waals surface area contributed by atoms with Gasteiger partial charge in [0.25, 0.3) is 0 Å². The van der Waals surface area contributed by atoms with Crippen LogP contribution in [0.25, 0.3) is 11.1 Å². The van der Waals surface area contributed by atoms with Crippen LogP contribution in [-0.4, -0.2) is 0 Å². The summed E-state index contributed by atoms with van der Waals surface area (Å²) in [5.74, 6) is -1.90. The summed E-state index contributed by atoms with van der Waals surface area (Å²) in [5, 5.41) is 0. The van der Waals surface area contributed by atoms with E-state index in [0.717, 1.165) is 24.3 Å². The lowest BCUT2D eigenvalue weighted by atomic mass is 9.92. The standard InChI is InChI=1S/C16H13F5/c1-9(2)14-7-10(3-4-15(14)16(19,20)21)11-5-12(17)8-13(18)6-11/h3-9H,1-2H3. The van der Waals surface area contributed by atoms with Crippen molar-refractivity contribution in [2.24, 2.45) is 0 Å². The first-order chi connectivity index (χ1) is 9.68. The molecule has 0 saturated heterocycles. The van der Waals surface area contributed by atoms with Crippen LogP contribution in [0.2, 0.25) is 0 Å². The van der Waals surface area contributed by atoms with Gasteiger partial charge in [0.15, 0.2) is 0 Å². The molecular formula is C16H13F5. The van der Waals surface area contributed by atoms with Crippen molar-refractivity contribution in [1.82, 2.24) is 0 Å². The molecule has 0 aliphatic rings. The van der Waals surface area contributed by atoms with Crippen LogP contribution in [0.3, 0.4) is 0 Å². The van der Waals surface area contributed by atoms with Crippen LogP contribution in [0.1, 0.15) is 30.9 Å². The Morgan fingerprint density at radius 1 is 0.810 bits per heavy atom. The van der Waals surface area contributed by atoms with Crippen LogP contribution in [0.15, 0.2) is 36.4 Å². The van der Waals surface area contributed by atoms with Crippen molar-refractivity contribution in [2.75, 3.05) is 0 Å². The van der Waals surface area contributed by atoms with E-state index >= 15 is 0 Å². The molecule has 5 heteroatoms. The molecule has 0 fully saturated rings. The zero-order chi connectivity index (χ0) is 15.8. The van der Waals surface area contributed by atoms with Crippen LogP contribution < -0.4 is 0 Å². The van der Waals surface area contributed by atoms with Gasteiger partial charge in [-0.05, 0) is 40.8 Å². The van der Waals surface area contributed by atoms with Gasteiger partial charge in [-0.2, -0.15) is 13.2 Å². The van der Waals surface area contributed by atoms with E-state index in [-0.39, 0.29) is 17.0 Å². The zero-order valence-electron chi connectivity index (χ0n) is 11.4. The number of halogens is 5. The monoisotopic (exact) mass is 300 g/mol. The Hall–Kier alpha value is -1.91. The van der Waals surface area contributed by atoms with Crippen LogP contribution in [0, 0.1) is 11.6 Å². The van der Waals surface area contributed by atoms with Crippen molar-refractivity contribution in [3.8, 4) is 11.1 Å². The molecule has 0 heterocycles. The number of alkyl halides is 3. The summed E-state index contributed by atoms with van der Waals surface area (Å²) in [6, 6.07) is 6.42. The maximum absolute atomic E-state index is 13.2. The molecule has 0 unspecified atom stereocenters. The zero-order valence-corrected chi connectivity index (χ0v) is 11.4. The number of rotatable bonds is 2. The molecule has 0 saturated carbocycles. The van der Waals surface area contributed by atoms with E-state index in [1.807, 2.05) is 0 Å². The average molecular weight is 300 g/mol. The minimum Gasteiger partial charge on any atom is -0.207 e. The van der Waals surface area contributed by atoms with Gasteiger partial charge in [0.2, 0.25) is 0 Å². The lowest BCUT2D eigenvalue weighted by Gasteiger charge is -2.17. The first-order valence-electron chi connectivity index (χ1n) is 6.36. The first kappa shape index (κ1) is 15.5. The second-order valence-electron chi connectivity index (χ2n) is 5.11. The maximum atomic E-state index is 13.2. The Labute approximate surface area is 119 Å². The van der Waals surface area contributed by atoms with Crippen LogP contribution in [-0.2, 0) is 6.18 Å². The highest BCUT2D eigenvalue weighted by atomic mass is 19.4. The number of hydrogen-bond donors (Lipinski definition) is 0. The third-order valence-corrected chi connectivity index (χ3v) is 3.17. The van der Waals surface area contributed by atoms with Gasteiger partial charge in [-0.25, -0.2) is 8.78 Å². The molecule has 0 amide bonds. The van der Waals surface area contributed by atoms with E-state index in [4.69, 9.17) is 0 Å². The van der Waals surface area contributed by atoms with Gasteiger partial charge >= 0.3 is 6.18 Å². The summed E-state index contributed by atoms with van der Waals surface area (Å²) in [5.41, 5.74) is -0.0592. The van der Waals surface area contributed by atoms with Gasteiger partial charge in [0, 0.05) is 6.07 Å². The number of benzene rings is 2. The highest BCUT2D eigenvalue weighted by Gasteiger charge is 2.33. The molecule has 21 heavy (non-hydrogen) atoms. The van der Waals surface area contributed by atoms with Gasteiger partial charge in [0.1, 0.15) is 11.6 Å². The van der Waals surface area contributed by atoms with Gasteiger partial charge < -0.3 is 0 Å². The van der Waals surface area contributed by atoms with Crippen molar-refractivity contribution >= 4 is 0 Å². The fourth-order valence-electron chi connectivity index (χ4n) is 2.20. The fraction of sp³-hybridized carbons (Fsp3) is 0.250. The summed E-state index contributed by atoms with van der Waals surface area (Å²) in [6.45, 7) is 3.28. The van der Waals surface area contributed by atoms with Gasteiger partial charge in [-0.1, -0.05) is 26.0 Å². The summed E-state index contributed by atoms with van der Waals surface area (Å²) < 4.78 is 65.3. The molecule has 0 aliphatic heterocycles. The molecule has 0 spiro atoms. The van der Waals surface area contributed by atoms with E-state index in [1.165, 1.54) is 12.1 Å². The third-order valence-electron chi connectivity index (χ3n) is 3.17. The second-order valence-corrected chi connectivity index (χ2v) is 5.11. The van der Waals surface area contributed by atoms with Crippen molar-refractivity contribution in [3.05, 3.63) is 59.2 Å². The van der Waals surface area contributed by atoms with Crippen LogP contribution in [0.5, 0.6) is 0 Å². The Morgan fingerprint density at radius 2 is 1.38 bits per heavy atom. The normalized spacial score (nSPS) is 12.0. The van der Waals surface area contributed by atoms with Gasteiger partial charge in [-0.3, -0.25) is 0 Å². The molecule has 0 radical (unpaired) electrons. The highest BCUT2D eigenvalue weighted by molar-refractivity contribution is 5.65. The van der Waals surface area contributed by atoms with E-state index in [1.54, 1.807) is 13.8 Å². The molecule has 0 bridgehead atoms. The smallest absolute Gasteiger partial charge is 0.207 e. The molecule has 112 valence electrons. The molecule has 2 rings (SSSR count). The van der Waals surface area contributed by atoms with Crippen LogP contribution >= 0.6 is 0 Å². The summed E-state index contributed by atoms with van der Waals surface area (Å²) in [6.07, 6.45) is -4.45. The Kier molecular flexibility index (Phi) is 4.03. The van der Waals surface area contributed by atoms with Crippen molar-refractivity contribution < 1.29 is 22.0 Å². The van der Waals surface area contributed by atoms with Crippen molar-refractivity contribution in [3.63, 3.8) is 0 Å². The third kappa shape index (κ3) is 3.40. The minimum atomic E-state index is -4.45. The topological polar surface area (TPSA) is 0 Å². The molecule has 0 aromatic heterocycles. The predicted molar refractivity (Wildman–Crippen MR) is 70.9 cm³/mol. The molecule has 0 nitrogen and oxygen atoms in total. The summed E-state index contributed by atoms with van der Waals surface area (Å²) in [4.78, 5) is 0. The maximum Gasteiger partial charge on any atom is 0.416 e. The molecule has 0 atom stereocenters. The van der Waals surface area contributed by atoms with Crippen LogP contribution in [0.4, 0.5) is 22.0 Å².